The van der Waals surface area contributed by atoms with Gasteiger partial charge in [0.1, 0.15) is 5.15 Å². The van der Waals surface area contributed by atoms with E-state index < -0.39 is 0 Å². The Bertz CT molecular complexity index is 528. The van der Waals surface area contributed by atoms with Crippen LogP contribution in [0.3, 0.4) is 0 Å². The van der Waals surface area contributed by atoms with Crippen LogP contribution in [0, 0.1) is 0 Å². The molecule has 0 aromatic carbocycles. The molecule has 0 unspecified atom stereocenters. The van der Waals surface area contributed by atoms with Crippen molar-refractivity contribution in [1.29, 1.82) is 0 Å². The summed E-state index contributed by atoms with van der Waals surface area (Å²) in [6.07, 6.45) is 0.775. The average Bonchev–Trinajstić information content (AvgIpc) is 2.69. The molecule has 0 N–H and O–H groups in total. The molecule has 0 spiro atoms. The van der Waals surface area contributed by atoms with Gasteiger partial charge in [-0.25, -0.2) is 9.97 Å². The monoisotopic (exact) mass is 364 g/mol. The summed E-state index contributed by atoms with van der Waals surface area (Å²) >= 11 is 12.6. The van der Waals surface area contributed by atoms with Gasteiger partial charge in [-0.3, -0.25) is 0 Å². The van der Waals surface area contributed by atoms with Crippen molar-refractivity contribution >= 4 is 43.5 Å². The summed E-state index contributed by atoms with van der Waals surface area (Å²) in [5.74, 6) is 1.09. The van der Waals surface area contributed by atoms with Crippen LogP contribution in [0.15, 0.2) is 25.7 Å². The van der Waals surface area contributed by atoms with Crippen LogP contribution in [0.25, 0.3) is 11.6 Å². The smallest absolute Gasteiger partial charge is 0.197 e. The fraction of sp³-hybridized carbons (Fsp3) is 0.200. The first kappa shape index (κ1) is 12.1. The van der Waals surface area contributed by atoms with Gasteiger partial charge in [0.25, 0.3) is 0 Å². The molecule has 16 heavy (non-hydrogen) atoms. The summed E-state index contributed by atoms with van der Waals surface area (Å²) in [6.45, 7) is 2.01. The number of halogens is 3. The quantitative estimate of drug-likeness (QED) is 0.736. The minimum absolute atomic E-state index is 0.398. The molecule has 2 heterocycles. The second-order valence-electron chi connectivity index (χ2n) is 3.06. The summed E-state index contributed by atoms with van der Waals surface area (Å²) in [5.41, 5.74) is 0.863. The van der Waals surface area contributed by atoms with E-state index in [0.29, 0.717) is 21.4 Å². The van der Waals surface area contributed by atoms with Crippen LogP contribution < -0.4 is 0 Å². The van der Waals surface area contributed by atoms with E-state index in [0.717, 1.165) is 16.6 Å². The molecule has 0 atom stereocenters. The molecular formula is C10H7Br2ClN2O. The standard InChI is InChI=1S/C10H7Br2ClN2O/c1-2-5-8(12)9(13)15-10(14-5)6-3-4-7(11)16-6/h3-4H,2H2,1H3. The van der Waals surface area contributed by atoms with Crippen LogP contribution in [0.5, 0.6) is 0 Å². The van der Waals surface area contributed by atoms with E-state index in [2.05, 4.69) is 41.8 Å². The lowest BCUT2D eigenvalue weighted by Gasteiger charge is -2.04. The Morgan fingerprint density at radius 1 is 1.31 bits per heavy atom. The van der Waals surface area contributed by atoms with Crippen molar-refractivity contribution in [3.05, 3.63) is 32.1 Å². The molecule has 6 heteroatoms. The Balaban J connectivity index is 2.54. The molecule has 2 aromatic rings. The SMILES string of the molecule is CCc1nc(-c2ccc(Br)o2)nc(Cl)c1Br. The predicted octanol–water partition coefficient (Wildman–Crippen LogP) is 4.48. The molecule has 0 saturated carbocycles. The summed E-state index contributed by atoms with van der Waals surface area (Å²) in [7, 11) is 0. The maximum Gasteiger partial charge on any atom is 0.197 e. The summed E-state index contributed by atoms with van der Waals surface area (Å²) in [4.78, 5) is 8.54. The Labute approximate surface area is 114 Å². The third-order valence-electron chi connectivity index (χ3n) is 2.01. The Morgan fingerprint density at radius 2 is 2.06 bits per heavy atom. The molecule has 0 aliphatic heterocycles. The van der Waals surface area contributed by atoms with Crippen LogP contribution in [0.2, 0.25) is 5.15 Å². The van der Waals surface area contributed by atoms with Gasteiger partial charge < -0.3 is 4.42 Å². The number of furan rings is 1. The van der Waals surface area contributed by atoms with Crippen molar-refractivity contribution in [2.45, 2.75) is 13.3 Å². The molecule has 0 radical (unpaired) electrons. The lowest BCUT2D eigenvalue weighted by Crippen LogP contribution is -1.96. The third-order valence-corrected chi connectivity index (χ3v) is 3.77. The third kappa shape index (κ3) is 2.31. The normalized spacial score (nSPS) is 10.8. The lowest BCUT2D eigenvalue weighted by molar-refractivity contribution is 0.551. The van der Waals surface area contributed by atoms with E-state index in [1.807, 2.05) is 6.92 Å². The van der Waals surface area contributed by atoms with E-state index >= 15 is 0 Å². The zero-order valence-corrected chi connectivity index (χ0v) is 12.2. The number of hydrogen-bond acceptors (Lipinski definition) is 3. The predicted molar refractivity (Wildman–Crippen MR) is 69.5 cm³/mol. The van der Waals surface area contributed by atoms with Gasteiger partial charge in [0.05, 0.1) is 10.2 Å². The lowest BCUT2D eigenvalue weighted by atomic mass is 10.3. The van der Waals surface area contributed by atoms with E-state index in [-0.39, 0.29) is 0 Å². The zero-order valence-electron chi connectivity index (χ0n) is 8.30. The topological polar surface area (TPSA) is 38.9 Å². The highest BCUT2D eigenvalue weighted by atomic mass is 79.9. The molecule has 0 fully saturated rings. The van der Waals surface area contributed by atoms with Crippen molar-refractivity contribution < 1.29 is 4.42 Å². The highest BCUT2D eigenvalue weighted by molar-refractivity contribution is 9.10. The van der Waals surface area contributed by atoms with Crippen LogP contribution in [0.1, 0.15) is 12.6 Å². The van der Waals surface area contributed by atoms with Gasteiger partial charge in [0.15, 0.2) is 16.3 Å². The summed E-state index contributed by atoms with van der Waals surface area (Å²) in [5, 5.41) is 0.398. The zero-order chi connectivity index (χ0) is 11.7. The molecule has 0 aliphatic carbocycles. The van der Waals surface area contributed by atoms with Crippen LogP contribution in [0.4, 0.5) is 0 Å². The van der Waals surface area contributed by atoms with Crippen molar-refractivity contribution in [1.82, 2.24) is 9.97 Å². The molecular weight excluding hydrogens is 359 g/mol. The molecule has 0 amide bonds. The van der Waals surface area contributed by atoms with Crippen LogP contribution in [-0.4, -0.2) is 9.97 Å². The fourth-order valence-electron chi connectivity index (χ4n) is 1.24. The number of hydrogen-bond donors (Lipinski definition) is 0. The number of aromatic nitrogens is 2. The van der Waals surface area contributed by atoms with Gasteiger partial charge in [0, 0.05) is 0 Å². The van der Waals surface area contributed by atoms with Crippen LogP contribution in [-0.2, 0) is 6.42 Å². The van der Waals surface area contributed by atoms with Gasteiger partial charge in [-0.2, -0.15) is 0 Å². The van der Waals surface area contributed by atoms with Crippen molar-refractivity contribution in [2.24, 2.45) is 0 Å². The van der Waals surface area contributed by atoms with E-state index in [4.69, 9.17) is 16.0 Å². The number of aryl methyl sites for hydroxylation is 1. The Morgan fingerprint density at radius 3 is 2.62 bits per heavy atom. The molecule has 3 nitrogen and oxygen atoms in total. The molecule has 0 saturated heterocycles. The molecule has 2 rings (SSSR count). The molecule has 0 bridgehead atoms. The molecule has 2 aromatic heterocycles. The first-order valence-corrected chi connectivity index (χ1v) is 6.55. The van der Waals surface area contributed by atoms with Crippen LogP contribution >= 0.6 is 43.5 Å². The number of nitrogens with zero attached hydrogens (tertiary/aromatic N) is 2. The fourth-order valence-corrected chi connectivity index (χ4v) is 2.20. The maximum atomic E-state index is 6.00. The Kier molecular flexibility index (Phi) is 3.66. The minimum atomic E-state index is 0.398. The van der Waals surface area contributed by atoms with Crippen molar-refractivity contribution in [3.8, 4) is 11.6 Å². The van der Waals surface area contributed by atoms with E-state index in [9.17, 15) is 0 Å². The van der Waals surface area contributed by atoms with Gasteiger partial charge in [-0.05, 0) is 50.4 Å². The average molecular weight is 366 g/mol. The Hall–Kier alpha value is -0.390. The first-order chi connectivity index (χ1) is 7.61. The highest BCUT2D eigenvalue weighted by Crippen LogP contribution is 2.28. The van der Waals surface area contributed by atoms with E-state index in [1.54, 1.807) is 12.1 Å². The highest BCUT2D eigenvalue weighted by Gasteiger charge is 2.13. The van der Waals surface area contributed by atoms with Crippen molar-refractivity contribution in [2.75, 3.05) is 0 Å². The van der Waals surface area contributed by atoms with Gasteiger partial charge in [0.2, 0.25) is 0 Å². The largest absolute Gasteiger partial charge is 0.446 e. The van der Waals surface area contributed by atoms with Crippen molar-refractivity contribution in [3.63, 3.8) is 0 Å². The van der Waals surface area contributed by atoms with Gasteiger partial charge in [-0.15, -0.1) is 0 Å². The second kappa shape index (κ2) is 4.85. The second-order valence-corrected chi connectivity index (χ2v) is 4.99. The summed E-state index contributed by atoms with van der Waals surface area (Å²) < 4.78 is 6.77. The number of rotatable bonds is 2. The van der Waals surface area contributed by atoms with Gasteiger partial charge >= 0.3 is 0 Å². The minimum Gasteiger partial charge on any atom is -0.446 e. The van der Waals surface area contributed by atoms with E-state index in [1.165, 1.54) is 0 Å². The maximum absolute atomic E-state index is 6.00. The van der Waals surface area contributed by atoms with Gasteiger partial charge in [-0.1, -0.05) is 18.5 Å². The molecule has 0 aliphatic rings. The summed E-state index contributed by atoms with van der Waals surface area (Å²) in [6, 6.07) is 3.59. The molecule has 84 valence electrons. The first-order valence-electron chi connectivity index (χ1n) is 4.59.